The van der Waals surface area contributed by atoms with E-state index in [1.807, 2.05) is 0 Å². The summed E-state index contributed by atoms with van der Waals surface area (Å²) >= 11 is 0. The van der Waals surface area contributed by atoms with Crippen LogP contribution in [0, 0.1) is 0 Å². The Morgan fingerprint density at radius 1 is 0.263 bits per heavy atom. The first kappa shape index (κ1) is 76.9. The molecule has 6 nitrogen and oxygen atoms in total. The van der Waals surface area contributed by atoms with Crippen LogP contribution in [0.25, 0.3) is 0 Å². The molecule has 0 aromatic heterocycles. The molecule has 0 aliphatic carbocycles. The summed E-state index contributed by atoms with van der Waals surface area (Å²) in [5.41, 5.74) is 0. The SMILES string of the molecule is CC/C=C\C/C=C\C/C=C\CCCCCCCCCC(=O)OC(COC(=O)CCCCCCC/C=C\C/C=C\CCCCCC)COC(=O)CCCCCCCCCCCCCCCCCCC/C=C\CCCCCCCCCC. The van der Waals surface area contributed by atoms with Gasteiger partial charge in [0.1, 0.15) is 13.2 Å². The molecule has 0 rings (SSSR count). The first-order valence-electron chi connectivity index (χ1n) is 34.9. The van der Waals surface area contributed by atoms with Crippen molar-refractivity contribution in [2.24, 2.45) is 0 Å². The maximum atomic E-state index is 12.9. The molecular weight excluding hydrogens is 985 g/mol. The number of rotatable bonds is 64. The number of hydrogen-bond acceptors (Lipinski definition) is 6. The quantitative estimate of drug-likeness (QED) is 0.0261. The van der Waals surface area contributed by atoms with E-state index in [4.69, 9.17) is 14.2 Å². The summed E-state index contributed by atoms with van der Waals surface area (Å²) in [6.07, 6.45) is 89.3. The highest BCUT2D eigenvalue weighted by Crippen LogP contribution is 2.17. The number of unbranched alkanes of at least 4 members (excludes halogenated alkanes) is 41. The van der Waals surface area contributed by atoms with Gasteiger partial charge in [-0.1, -0.05) is 306 Å². The number of carbonyl (C=O) groups is 3. The highest BCUT2D eigenvalue weighted by molar-refractivity contribution is 5.71. The van der Waals surface area contributed by atoms with Crippen molar-refractivity contribution in [2.75, 3.05) is 13.2 Å². The molecule has 0 bridgehead atoms. The maximum Gasteiger partial charge on any atom is 0.306 e. The van der Waals surface area contributed by atoms with Crippen LogP contribution >= 0.6 is 0 Å². The van der Waals surface area contributed by atoms with Gasteiger partial charge in [0.25, 0.3) is 0 Å². The van der Waals surface area contributed by atoms with Crippen LogP contribution in [0.4, 0.5) is 0 Å². The molecule has 80 heavy (non-hydrogen) atoms. The minimum Gasteiger partial charge on any atom is -0.462 e. The van der Waals surface area contributed by atoms with Crippen LogP contribution in [0.15, 0.2) is 72.9 Å². The van der Waals surface area contributed by atoms with E-state index in [0.29, 0.717) is 19.3 Å². The van der Waals surface area contributed by atoms with E-state index >= 15 is 0 Å². The Bertz CT molecular complexity index is 1470. The molecule has 0 aromatic carbocycles. The van der Waals surface area contributed by atoms with Crippen LogP contribution in [-0.2, 0) is 28.6 Å². The number of carbonyl (C=O) groups excluding carboxylic acids is 3. The molecule has 6 heteroatoms. The Morgan fingerprint density at radius 2 is 0.487 bits per heavy atom. The Kier molecular flexibility index (Phi) is 65.7. The summed E-state index contributed by atoms with van der Waals surface area (Å²) in [6, 6.07) is 0. The number of ether oxygens (including phenoxy) is 3. The van der Waals surface area contributed by atoms with Crippen molar-refractivity contribution >= 4 is 17.9 Å². The lowest BCUT2D eigenvalue weighted by Crippen LogP contribution is -2.30. The van der Waals surface area contributed by atoms with Gasteiger partial charge in [-0.3, -0.25) is 14.4 Å². The van der Waals surface area contributed by atoms with Gasteiger partial charge >= 0.3 is 17.9 Å². The monoisotopic (exact) mass is 1120 g/mol. The third kappa shape index (κ3) is 65.7. The number of hydrogen-bond donors (Lipinski definition) is 0. The zero-order valence-electron chi connectivity index (χ0n) is 53.3. The lowest BCUT2D eigenvalue weighted by atomic mass is 10.0. The lowest BCUT2D eigenvalue weighted by molar-refractivity contribution is -0.167. The van der Waals surface area contributed by atoms with E-state index in [1.54, 1.807) is 0 Å². The smallest absolute Gasteiger partial charge is 0.306 e. The third-order valence-electron chi connectivity index (χ3n) is 15.4. The number of allylic oxidation sites excluding steroid dienone is 12. The third-order valence-corrected chi connectivity index (χ3v) is 15.4. The molecule has 0 aliphatic heterocycles. The lowest BCUT2D eigenvalue weighted by Gasteiger charge is -2.18. The summed E-state index contributed by atoms with van der Waals surface area (Å²) in [5.74, 6) is -0.887. The topological polar surface area (TPSA) is 78.9 Å². The van der Waals surface area contributed by atoms with Gasteiger partial charge in [-0.15, -0.1) is 0 Å². The fourth-order valence-electron chi connectivity index (χ4n) is 10.2. The van der Waals surface area contributed by atoms with Gasteiger partial charge in [0.15, 0.2) is 6.10 Å². The van der Waals surface area contributed by atoms with E-state index < -0.39 is 6.10 Å². The van der Waals surface area contributed by atoms with E-state index in [-0.39, 0.29) is 31.1 Å². The summed E-state index contributed by atoms with van der Waals surface area (Å²) in [5, 5.41) is 0. The molecular formula is C74H132O6. The zero-order chi connectivity index (χ0) is 57.8. The molecule has 0 radical (unpaired) electrons. The van der Waals surface area contributed by atoms with Crippen LogP contribution in [-0.4, -0.2) is 37.2 Å². The van der Waals surface area contributed by atoms with E-state index in [9.17, 15) is 14.4 Å². The Hall–Kier alpha value is -3.15. The van der Waals surface area contributed by atoms with Crippen molar-refractivity contribution in [2.45, 2.75) is 367 Å². The van der Waals surface area contributed by atoms with Crippen LogP contribution in [0.5, 0.6) is 0 Å². The second kappa shape index (κ2) is 68.3. The summed E-state index contributed by atoms with van der Waals surface area (Å²) in [4.78, 5) is 38.4. The maximum absolute atomic E-state index is 12.9. The zero-order valence-corrected chi connectivity index (χ0v) is 53.3. The van der Waals surface area contributed by atoms with Gasteiger partial charge in [-0.05, 0) is 109 Å². The van der Waals surface area contributed by atoms with Crippen LogP contribution < -0.4 is 0 Å². The first-order valence-corrected chi connectivity index (χ1v) is 34.9. The molecule has 464 valence electrons. The summed E-state index contributed by atoms with van der Waals surface area (Å²) in [6.45, 7) is 6.54. The second-order valence-corrected chi connectivity index (χ2v) is 23.4. The molecule has 0 aliphatic rings. The van der Waals surface area contributed by atoms with Gasteiger partial charge < -0.3 is 14.2 Å². The Morgan fingerprint density at radius 3 is 0.787 bits per heavy atom. The molecule has 0 N–H and O–H groups in total. The van der Waals surface area contributed by atoms with E-state index in [1.165, 1.54) is 218 Å². The van der Waals surface area contributed by atoms with Crippen molar-refractivity contribution in [3.8, 4) is 0 Å². The van der Waals surface area contributed by atoms with Crippen LogP contribution in [0.2, 0.25) is 0 Å². The van der Waals surface area contributed by atoms with Crippen LogP contribution in [0.1, 0.15) is 361 Å². The van der Waals surface area contributed by atoms with Gasteiger partial charge in [-0.2, -0.15) is 0 Å². The summed E-state index contributed by atoms with van der Waals surface area (Å²) in [7, 11) is 0. The molecule has 0 saturated carbocycles. The highest BCUT2D eigenvalue weighted by Gasteiger charge is 2.19. The fraction of sp³-hybridized carbons (Fsp3) is 0.797. The molecule has 1 unspecified atom stereocenters. The highest BCUT2D eigenvalue weighted by atomic mass is 16.6. The van der Waals surface area contributed by atoms with Crippen molar-refractivity contribution < 1.29 is 28.6 Å². The predicted molar refractivity (Wildman–Crippen MR) is 348 cm³/mol. The summed E-state index contributed by atoms with van der Waals surface area (Å²) < 4.78 is 17.0. The normalized spacial score (nSPS) is 12.5. The number of esters is 3. The van der Waals surface area contributed by atoms with Crippen molar-refractivity contribution in [1.29, 1.82) is 0 Å². The molecule has 0 aromatic rings. The van der Waals surface area contributed by atoms with Gasteiger partial charge in [-0.25, -0.2) is 0 Å². The van der Waals surface area contributed by atoms with Gasteiger partial charge in [0.2, 0.25) is 0 Å². The molecule has 0 amide bonds. The Labute approximate surface area is 497 Å². The van der Waals surface area contributed by atoms with Crippen LogP contribution in [0.3, 0.4) is 0 Å². The van der Waals surface area contributed by atoms with Crippen molar-refractivity contribution in [1.82, 2.24) is 0 Å². The van der Waals surface area contributed by atoms with E-state index in [0.717, 1.165) is 103 Å². The Balaban J connectivity index is 4.25. The van der Waals surface area contributed by atoms with Gasteiger partial charge in [0.05, 0.1) is 0 Å². The predicted octanol–water partition coefficient (Wildman–Crippen LogP) is 24.1. The molecule has 1 atom stereocenters. The largest absolute Gasteiger partial charge is 0.462 e. The fourth-order valence-corrected chi connectivity index (χ4v) is 10.2. The molecule has 0 saturated heterocycles. The average Bonchev–Trinajstić information content (AvgIpc) is 3.46. The first-order chi connectivity index (χ1) is 39.5. The molecule has 0 heterocycles. The average molecular weight is 1120 g/mol. The molecule has 0 spiro atoms. The van der Waals surface area contributed by atoms with Crippen molar-refractivity contribution in [3.05, 3.63) is 72.9 Å². The van der Waals surface area contributed by atoms with Crippen molar-refractivity contribution in [3.63, 3.8) is 0 Å². The second-order valence-electron chi connectivity index (χ2n) is 23.4. The van der Waals surface area contributed by atoms with Gasteiger partial charge in [0, 0.05) is 19.3 Å². The van der Waals surface area contributed by atoms with E-state index in [2.05, 4.69) is 93.7 Å². The molecule has 0 fully saturated rings. The minimum atomic E-state index is -0.787. The standard InChI is InChI=1S/C74H132O6/c1-4-7-10-13-16-19-22-25-28-31-32-33-34-35-36-37-38-39-40-41-42-44-46-49-52-55-58-61-64-67-73(76)79-70-71(69-78-72(75)66-63-60-57-54-51-48-45-30-27-24-21-18-15-12-9-6-3)80-74(77)68-65-62-59-56-53-50-47-43-29-26-23-20-17-14-11-8-5-2/h8,11,17,20-21,24,26,29-32,45,71H,4-7,9-10,12-16,18-19,22-23,25,27-28,33-44,46-70H2,1-3H3/b11-8-,20-17-,24-21-,29-26-,32-31-,45-30-. The minimum absolute atomic E-state index is 0.0814.